The SMILES string of the molecule is Cc1nc2c([nH]1)c(=O)[nH]c(=S)n2C1CC1. The number of hydrogen-bond acceptors (Lipinski definition) is 3. The van der Waals surface area contributed by atoms with Gasteiger partial charge in [0.15, 0.2) is 10.4 Å². The molecule has 1 fully saturated rings. The van der Waals surface area contributed by atoms with Gasteiger partial charge in [0.2, 0.25) is 0 Å². The predicted molar refractivity (Wildman–Crippen MR) is 58.5 cm³/mol. The molecule has 2 aromatic rings. The van der Waals surface area contributed by atoms with Crippen molar-refractivity contribution in [3.05, 3.63) is 20.9 Å². The Labute approximate surface area is 90.2 Å². The van der Waals surface area contributed by atoms with E-state index in [1.165, 1.54) is 0 Å². The second kappa shape index (κ2) is 2.79. The molecule has 0 amide bonds. The van der Waals surface area contributed by atoms with Crippen LogP contribution in [0.3, 0.4) is 0 Å². The van der Waals surface area contributed by atoms with E-state index in [1.807, 2.05) is 11.5 Å². The summed E-state index contributed by atoms with van der Waals surface area (Å²) in [5, 5.41) is 0. The molecule has 1 aliphatic rings. The quantitative estimate of drug-likeness (QED) is 0.717. The molecule has 0 atom stereocenters. The van der Waals surface area contributed by atoms with Crippen LogP contribution >= 0.6 is 12.2 Å². The Bertz CT molecular complexity index is 646. The van der Waals surface area contributed by atoms with Crippen LogP contribution in [0.15, 0.2) is 4.79 Å². The lowest BCUT2D eigenvalue weighted by molar-refractivity contribution is 0.723. The summed E-state index contributed by atoms with van der Waals surface area (Å²) in [6.45, 7) is 1.83. The van der Waals surface area contributed by atoms with Crippen LogP contribution in [0, 0.1) is 11.7 Å². The third kappa shape index (κ3) is 1.25. The van der Waals surface area contributed by atoms with E-state index >= 15 is 0 Å². The number of hydrogen-bond donors (Lipinski definition) is 2. The van der Waals surface area contributed by atoms with Gasteiger partial charge in [0.25, 0.3) is 5.56 Å². The van der Waals surface area contributed by atoms with E-state index in [4.69, 9.17) is 12.2 Å². The van der Waals surface area contributed by atoms with Crippen molar-refractivity contribution in [2.75, 3.05) is 0 Å². The summed E-state index contributed by atoms with van der Waals surface area (Å²) in [7, 11) is 0. The fraction of sp³-hybridized carbons (Fsp3) is 0.444. The van der Waals surface area contributed by atoms with Crippen molar-refractivity contribution in [1.29, 1.82) is 0 Å². The van der Waals surface area contributed by atoms with Gasteiger partial charge < -0.3 is 4.98 Å². The molecule has 15 heavy (non-hydrogen) atoms. The molecule has 0 aliphatic heterocycles. The second-order valence-corrected chi connectivity index (χ2v) is 4.27. The molecule has 0 saturated heterocycles. The van der Waals surface area contributed by atoms with Crippen molar-refractivity contribution in [2.24, 2.45) is 0 Å². The summed E-state index contributed by atoms with van der Waals surface area (Å²) >= 11 is 5.15. The first-order valence-electron chi connectivity index (χ1n) is 4.88. The van der Waals surface area contributed by atoms with Gasteiger partial charge in [0, 0.05) is 6.04 Å². The van der Waals surface area contributed by atoms with Crippen LogP contribution in [0.1, 0.15) is 24.7 Å². The zero-order valence-corrected chi connectivity index (χ0v) is 9.02. The van der Waals surface area contributed by atoms with Crippen molar-refractivity contribution >= 4 is 23.4 Å². The minimum absolute atomic E-state index is 0.187. The van der Waals surface area contributed by atoms with E-state index < -0.39 is 0 Å². The fourth-order valence-electron chi connectivity index (χ4n) is 1.80. The Morgan fingerprint density at radius 2 is 2.20 bits per heavy atom. The number of imidazole rings is 1. The smallest absolute Gasteiger partial charge is 0.277 e. The van der Waals surface area contributed by atoms with Crippen LogP contribution in [0.4, 0.5) is 0 Å². The molecular formula is C9H10N4OS. The van der Waals surface area contributed by atoms with Crippen LogP contribution < -0.4 is 5.56 Å². The number of aromatic amines is 2. The van der Waals surface area contributed by atoms with Gasteiger partial charge in [-0.3, -0.25) is 14.3 Å². The van der Waals surface area contributed by atoms with Crippen molar-refractivity contribution < 1.29 is 0 Å². The van der Waals surface area contributed by atoms with E-state index in [1.54, 1.807) is 0 Å². The first kappa shape index (κ1) is 8.84. The maximum Gasteiger partial charge on any atom is 0.277 e. The summed E-state index contributed by atoms with van der Waals surface area (Å²) in [5.74, 6) is 0.741. The molecule has 1 aliphatic carbocycles. The molecule has 0 unspecified atom stereocenters. The van der Waals surface area contributed by atoms with Gasteiger partial charge in [-0.1, -0.05) is 0 Å². The number of nitrogens with zero attached hydrogens (tertiary/aromatic N) is 2. The molecule has 78 valence electrons. The summed E-state index contributed by atoms with van der Waals surface area (Å²) in [5.41, 5.74) is 1.02. The molecule has 2 heterocycles. The molecule has 2 N–H and O–H groups in total. The number of aromatic nitrogens is 4. The van der Waals surface area contributed by atoms with Crippen LogP contribution in [0.25, 0.3) is 11.2 Å². The largest absolute Gasteiger partial charge is 0.336 e. The fourth-order valence-corrected chi connectivity index (χ4v) is 2.13. The average molecular weight is 222 g/mol. The van der Waals surface area contributed by atoms with E-state index in [0.717, 1.165) is 18.7 Å². The topological polar surface area (TPSA) is 66.5 Å². The third-order valence-corrected chi connectivity index (χ3v) is 2.91. The lowest BCUT2D eigenvalue weighted by atomic mass is 10.5. The number of aryl methyl sites for hydroxylation is 1. The van der Waals surface area contributed by atoms with E-state index in [9.17, 15) is 4.79 Å². The Morgan fingerprint density at radius 3 is 2.87 bits per heavy atom. The maximum absolute atomic E-state index is 11.6. The highest BCUT2D eigenvalue weighted by molar-refractivity contribution is 7.71. The minimum Gasteiger partial charge on any atom is -0.336 e. The Morgan fingerprint density at radius 1 is 1.47 bits per heavy atom. The third-order valence-electron chi connectivity index (χ3n) is 2.61. The van der Waals surface area contributed by atoms with Gasteiger partial charge in [-0.05, 0) is 32.0 Å². The highest BCUT2D eigenvalue weighted by Crippen LogP contribution is 2.36. The Kier molecular flexibility index (Phi) is 1.64. The highest BCUT2D eigenvalue weighted by atomic mass is 32.1. The van der Waals surface area contributed by atoms with Gasteiger partial charge in [0.1, 0.15) is 11.3 Å². The summed E-state index contributed by atoms with van der Waals surface area (Å²) in [6.07, 6.45) is 2.22. The molecule has 3 rings (SSSR count). The maximum atomic E-state index is 11.6. The molecule has 0 aromatic carbocycles. The zero-order valence-electron chi connectivity index (χ0n) is 8.20. The van der Waals surface area contributed by atoms with E-state index in [-0.39, 0.29) is 5.56 Å². The number of fused-ring (bicyclic) bond motifs is 1. The van der Waals surface area contributed by atoms with Crippen molar-refractivity contribution in [2.45, 2.75) is 25.8 Å². The summed E-state index contributed by atoms with van der Waals surface area (Å²) in [4.78, 5) is 21.5. The number of nitrogens with one attached hydrogen (secondary N) is 2. The van der Waals surface area contributed by atoms with Crippen molar-refractivity contribution in [1.82, 2.24) is 19.5 Å². The van der Waals surface area contributed by atoms with Gasteiger partial charge in [-0.25, -0.2) is 4.98 Å². The monoisotopic (exact) mass is 222 g/mol. The van der Waals surface area contributed by atoms with Crippen LogP contribution in [-0.2, 0) is 0 Å². The van der Waals surface area contributed by atoms with Crippen LogP contribution in [-0.4, -0.2) is 19.5 Å². The first-order chi connectivity index (χ1) is 7.16. The highest BCUT2D eigenvalue weighted by Gasteiger charge is 2.26. The molecule has 0 spiro atoms. The van der Waals surface area contributed by atoms with Crippen molar-refractivity contribution in [3.8, 4) is 0 Å². The lowest BCUT2D eigenvalue weighted by Gasteiger charge is -2.04. The Hall–Kier alpha value is -1.43. The van der Waals surface area contributed by atoms with E-state index in [0.29, 0.717) is 22.0 Å². The van der Waals surface area contributed by atoms with E-state index in [2.05, 4.69) is 15.0 Å². The normalized spacial score (nSPS) is 16.1. The van der Waals surface area contributed by atoms with Gasteiger partial charge in [-0.15, -0.1) is 0 Å². The number of H-pyrrole nitrogens is 2. The second-order valence-electron chi connectivity index (χ2n) is 3.88. The molecule has 2 aromatic heterocycles. The van der Waals surface area contributed by atoms with Crippen LogP contribution in [0.2, 0.25) is 0 Å². The van der Waals surface area contributed by atoms with Crippen LogP contribution in [0.5, 0.6) is 0 Å². The van der Waals surface area contributed by atoms with Gasteiger partial charge in [-0.2, -0.15) is 0 Å². The molecule has 1 saturated carbocycles. The molecule has 0 radical (unpaired) electrons. The number of rotatable bonds is 1. The molecule has 5 nitrogen and oxygen atoms in total. The summed E-state index contributed by atoms with van der Waals surface area (Å²) < 4.78 is 2.41. The predicted octanol–water partition coefficient (Wildman–Crippen LogP) is 1.43. The molecular weight excluding hydrogens is 212 g/mol. The Balaban J connectivity index is 2.51. The minimum atomic E-state index is -0.187. The molecule has 0 bridgehead atoms. The lowest BCUT2D eigenvalue weighted by Crippen LogP contribution is -2.13. The average Bonchev–Trinajstić information content (AvgIpc) is 2.89. The van der Waals surface area contributed by atoms with Gasteiger partial charge in [0.05, 0.1) is 0 Å². The summed E-state index contributed by atoms with van der Waals surface area (Å²) in [6, 6.07) is 0.416. The first-order valence-corrected chi connectivity index (χ1v) is 5.29. The molecule has 6 heteroatoms. The van der Waals surface area contributed by atoms with Crippen molar-refractivity contribution in [3.63, 3.8) is 0 Å². The zero-order chi connectivity index (χ0) is 10.6. The standard InChI is InChI=1S/C9H10N4OS/c1-4-10-6-7(11-4)13(5-2-3-5)9(15)12-8(6)14/h5H,2-3H2,1H3,(H,10,11)(H,12,14,15). The van der Waals surface area contributed by atoms with Gasteiger partial charge >= 0.3 is 0 Å².